The summed E-state index contributed by atoms with van der Waals surface area (Å²) in [5.74, 6) is -1.31. The Balaban J connectivity index is 1.46. The molecule has 0 aliphatic rings. The summed E-state index contributed by atoms with van der Waals surface area (Å²) in [6, 6.07) is 27.2. The Morgan fingerprint density at radius 3 is 2.40 bits per heavy atom. The third-order valence-corrected chi connectivity index (χ3v) is 5.76. The molecule has 0 atom stereocenters. The number of fused-ring (bicyclic) bond motifs is 1. The molecule has 0 saturated carbocycles. The number of H-pyrrole nitrogens is 1. The molecule has 35 heavy (non-hydrogen) atoms. The second kappa shape index (κ2) is 9.15. The van der Waals surface area contributed by atoms with Gasteiger partial charge in [0.15, 0.2) is 11.4 Å². The number of benzene rings is 4. The zero-order chi connectivity index (χ0) is 24.4. The van der Waals surface area contributed by atoms with E-state index in [1.54, 1.807) is 30.3 Å². The van der Waals surface area contributed by atoms with E-state index in [0.717, 1.165) is 17.5 Å². The standard InChI is InChI=1S/C28H21N3O4/c32-26-21(19-8-4-9-20(16-19)28(34)35)10-5-11-23(26)30-31-25-22-13-12-18(15-24(22)29-27(25)33)14-17-6-2-1-3-7-17/h1-13,15-16,29,32-33H,14H2,(H,34,35). The molecular formula is C28H21N3O4. The average molecular weight is 463 g/mol. The molecule has 172 valence electrons. The Morgan fingerprint density at radius 2 is 1.60 bits per heavy atom. The monoisotopic (exact) mass is 463 g/mol. The van der Waals surface area contributed by atoms with Crippen LogP contribution in [-0.2, 0) is 6.42 Å². The summed E-state index contributed by atoms with van der Waals surface area (Å²) < 4.78 is 0. The van der Waals surface area contributed by atoms with E-state index in [-0.39, 0.29) is 28.6 Å². The van der Waals surface area contributed by atoms with E-state index in [4.69, 9.17) is 0 Å². The summed E-state index contributed by atoms with van der Waals surface area (Å²) in [5.41, 5.74) is 4.55. The molecule has 0 unspecified atom stereocenters. The van der Waals surface area contributed by atoms with E-state index in [9.17, 15) is 20.1 Å². The third kappa shape index (κ3) is 4.47. The number of phenolic OH excluding ortho intramolecular Hbond substituents is 1. The van der Waals surface area contributed by atoms with Gasteiger partial charge >= 0.3 is 5.97 Å². The number of aromatic nitrogens is 1. The molecule has 7 heteroatoms. The lowest BCUT2D eigenvalue weighted by Crippen LogP contribution is -1.95. The first-order valence-corrected chi connectivity index (χ1v) is 10.9. The predicted octanol–water partition coefficient (Wildman–Crippen LogP) is 6.95. The summed E-state index contributed by atoms with van der Waals surface area (Å²) in [6.07, 6.45) is 0.761. The number of hydrogen-bond acceptors (Lipinski definition) is 5. The maximum Gasteiger partial charge on any atom is 0.335 e. The summed E-state index contributed by atoms with van der Waals surface area (Å²) in [7, 11) is 0. The minimum atomic E-state index is -1.05. The van der Waals surface area contributed by atoms with Gasteiger partial charge in [0.2, 0.25) is 5.88 Å². The highest BCUT2D eigenvalue weighted by atomic mass is 16.4. The van der Waals surface area contributed by atoms with Gasteiger partial charge in [-0.25, -0.2) is 4.79 Å². The van der Waals surface area contributed by atoms with Crippen LogP contribution in [0.3, 0.4) is 0 Å². The molecular weight excluding hydrogens is 442 g/mol. The lowest BCUT2D eigenvalue weighted by Gasteiger charge is -2.07. The lowest BCUT2D eigenvalue weighted by atomic mass is 10.0. The van der Waals surface area contributed by atoms with Crippen LogP contribution in [0.4, 0.5) is 11.4 Å². The van der Waals surface area contributed by atoms with Crippen LogP contribution in [0, 0.1) is 0 Å². The molecule has 0 spiro atoms. The van der Waals surface area contributed by atoms with Gasteiger partial charge in [-0.15, -0.1) is 10.2 Å². The van der Waals surface area contributed by atoms with Gasteiger partial charge in [0, 0.05) is 10.9 Å². The fourth-order valence-corrected chi connectivity index (χ4v) is 4.03. The quantitative estimate of drug-likeness (QED) is 0.204. The van der Waals surface area contributed by atoms with Crippen LogP contribution in [0.1, 0.15) is 21.5 Å². The molecule has 4 N–H and O–H groups in total. The molecule has 5 aromatic rings. The Bertz CT molecular complexity index is 1570. The van der Waals surface area contributed by atoms with Crippen LogP contribution in [0.25, 0.3) is 22.0 Å². The molecule has 4 aromatic carbocycles. The van der Waals surface area contributed by atoms with Crippen LogP contribution in [0.2, 0.25) is 0 Å². The number of carbonyl (C=O) groups is 1. The van der Waals surface area contributed by atoms with Crippen molar-refractivity contribution in [1.82, 2.24) is 4.98 Å². The molecule has 7 nitrogen and oxygen atoms in total. The second-order valence-corrected chi connectivity index (χ2v) is 8.12. The SMILES string of the molecule is O=C(O)c1cccc(-c2cccc(N=Nc3c(O)[nH]c4cc(Cc5ccccc5)ccc34)c2O)c1. The highest BCUT2D eigenvalue weighted by Crippen LogP contribution is 2.41. The molecule has 0 bridgehead atoms. The Hall–Kier alpha value is -4.91. The number of nitrogens with one attached hydrogen (secondary N) is 1. The van der Waals surface area contributed by atoms with Gasteiger partial charge in [-0.1, -0.05) is 66.7 Å². The van der Waals surface area contributed by atoms with Crippen molar-refractivity contribution in [2.45, 2.75) is 6.42 Å². The van der Waals surface area contributed by atoms with Gasteiger partial charge in [-0.2, -0.15) is 0 Å². The largest absolute Gasteiger partial charge is 0.505 e. The van der Waals surface area contributed by atoms with Crippen LogP contribution in [-0.4, -0.2) is 26.3 Å². The maximum absolute atomic E-state index is 11.3. The van der Waals surface area contributed by atoms with E-state index in [0.29, 0.717) is 16.5 Å². The molecule has 1 heterocycles. The highest BCUT2D eigenvalue weighted by Gasteiger charge is 2.14. The van der Waals surface area contributed by atoms with Crippen LogP contribution in [0.5, 0.6) is 11.6 Å². The van der Waals surface area contributed by atoms with E-state index in [1.807, 2.05) is 36.4 Å². The zero-order valence-corrected chi connectivity index (χ0v) is 18.5. The minimum absolute atomic E-state index is 0.115. The Morgan fingerprint density at radius 1 is 0.800 bits per heavy atom. The molecule has 1 aromatic heterocycles. The van der Waals surface area contributed by atoms with Crippen molar-refractivity contribution >= 4 is 28.2 Å². The number of azo groups is 1. The zero-order valence-electron chi connectivity index (χ0n) is 18.5. The first-order valence-electron chi connectivity index (χ1n) is 10.9. The number of carboxylic acids is 1. The van der Waals surface area contributed by atoms with Gasteiger partial charge in [0.05, 0.1) is 11.1 Å². The molecule has 0 fully saturated rings. The predicted molar refractivity (Wildman–Crippen MR) is 134 cm³/mol. The molecule has 0 aliphatic carbocycles. The topological polar surface area (TPSA) is 118 Å². The molecule has 0 aliphatic heterocycles. The van der Waals surface area contributed by atoms with Gasteiger partial charge in [-0.05, 0) is 47.4 Å². The van der Waals surface area contributed by atoms with Crippen LogP contribution < -0.4 is 0 Å². The van der Waals surface area contributed by atoms with Crippen molar-refractivity contribution in [1.29, 1.82) is 0 Å². The van der Waals surface area contributed by atoms with Gasteiger partial charge in [-0.3, -0.25) is 0 Å². The Labute approximate surface area is 200 Å². The molecule has 0 amide bonds. The van der Waals surface area contributed by atoms with Gasteiger partial charge in [0.25, 0.3) is 0 Å². The molecule has 0 saturated heterocycles. The number of rotatable bonds is 6. The van der Waals surface area contributed by atoms with Crippen molar-refractivity contribution in [3.05, 3.63) is 108 Å². The first kappa shape index (κ1) is 21.9. The smallest absolute Gasteiger partial charge is 0.335 e. The summed E-state index contributed by atoms with van der Waals surface area (Å²) >= 11 is 0. The minimum Gasteiger partial charge on any atom is -0.505 e. The highest BCUT2D eigenvalue weighted by molar-refractivity contribution is 5.94. The van der Waals surface area contributed by atoms with E-state index >= 15 is 0 Å². The maximum atomic E-state index is 11.3. The normalized spacial score (nSPS) is 11.3. The van der Waals surface area contributed by atoms with Crippen molar-refractivity contribution in [3.8, 4) is 22.8 Å². The average Bonchev–Trinajstić information content (AvgIpc) is 3.18. The Kier molecular flexibility index (Phi) is 5.73. The number of hydrogen-bond donors (Lipinski definition) is 4. The summed E-state index contributed by atoms with van der Waals surface area (Å²) in [6.45, 7) is 0. The second-order valence-electron chi connectivity index (χ2n) is 8.12. The van der Waals surface area contributed by atoms with Crippen LogP contribution in [0.15, 0.2) is 101 Å². The van der Waals surface area contributed by atoms with Gasteiger partial charge < -0.3 is 20.3 Å². The fraction of sp³-hybridized carbons (Fsp3) is 0.0357. The van der Waals surface area contributed by atoms with E-state index in [2.05, 4.69) is 27.3 Å². The summed E-state index contributed by atoms with van der Waals surface area (Å²) in [4.78, 5) is 14.2. The summed E-state index contributed by atoms with van der Waals surface area (Å²) in [5, 5.41) is 39.6. The third-order valence-electron chi connectivity index (χ3n) is 5.76. The number of aromatic hydroxyl groups is 2. The lowest BCUT2D eigenvalue weighted by molar-refractivity contribution is 0.0697. The fourth-order valence-electron chi connectivity index (χ4n) is 4.03. The van der Waals surface area contributed by atoms with E-state index in [1.165, 1.54) is 17.7 Å². The van der Waals surface area contributed by atoms with Crippen molar-refractivity contribution in [3.63, 3.8) is 0 Å². The first-order chi connectivity index (χ1) is 17.0. The number of para-hydroxylation sites is 1. The van der Waals surface area contributed by atoms with Crippen molar-refractivity contribution in [2.75, 3.05) is 0 Å². The number of aromatic carboxylic acids is 1. The van der Waals surface area contributed by atoms with Gasteiger partial charge in [0.1, 0.15) is 5.69 Å². The number of carboxylic acid groups (broad SMARTS) is 1. The van der Waals surface area contributed by atoms with Crippen molar-refractivity contribution in [2.24, 2.45) is 10.2 Å². The molecule has 5 rings (SSSR count). The number of aromatic amines is 1. The number of phenols is 1. The molecule has 0 radical (unpaired) electrons. The van der Waals surface area contributed by atoms with Crippen molar-refractivity contribution < 1.29 is 20.1 Å². The number of nitrogens with zero attached hydrogens (tertiary/aromatic N) is 2. The van der Waals surface area contributed by atoms with E-state index < -0.39 is 5.97 Å². The van der Waals surface area contributed by atoms with Crippen LogP contribution >= 0.6 is 0 Å².